The minimum Gasteiger partial charge on any atom is -0.327 e. The topological polar surface area (TPSA) is 91.4 Å². The first-order valence-corrected chi connectivity index (χ1v) is 11.1. The van der Waals surface area contributed by atoms with Crippen LogP contribution in [0.2, 0.25) is 10.0 Å². The lowest BCUT2D eigenvalue weighted by Crippen LogP contribution is -2.43. The van der Waals surface area contributed by atoms with Crippen LogP contribution in [0.3, 0.4) is 0 Å². The standard InChI is InChI=1S/C24H20Cl2N4O3/c25-17-11-16(12-18(26)13-17)24(33)30-10-2-5-21(30)23(32)29-20-4-1-3-19(14-20)28-22(31)15-6-8-27-9-7-15/h1,3-4,6-9,11-14,21H,2,5,10H2,(H,28,31)(H,29,32). The lowest BCUT2D eigenvalue weighted by Gasteiger charge is -2.24. The summed E-state index contributed by atoms with van der Waals surface area (Å²) in [6, 6.07) is 14.1. The summed E-state index contributed by atoms with van der Waals surface area (Å²) in [4.78, 5) is 43.8. The molecule has 1 unspecified atom stereocenters. The van der Waals surface area contributed by atoms with Crippen molar-refractivity contribution < 1.29 is 14.4 Å². The van der Waals surface area contributed by atoms with E-state index in [4.69, 9.17) is 23.2 Å². The van der Waals surface area contributed by atoms with Gasteiger partial charge in [-0.2, -0.15) is 0 Å². The summed E-state index contributed by atoms with van der Waals surface area (Å²) in [5.74, 6) is -0.879. The Morgan fingerprint density at radius 2 is 1.55 bits per heavy atom. The highest BCUT2D eigenvalue weighted by molar-refractivity contribution is 6.35. The van der Waals surface area contributed by atoms with E-state index < -0.39 is 6.04 Å². The molecule has 2 heterocycles. The number of likely N-dealkylation sites (tertiary alicyclic amines) is 1. The van der Waals surface area contributed by atoms with Crippen molar-refractivity contribution in [1.82, 2.24) is 9.88 Å². The third-order valence-corrected chi connectivity index (χ3v) is 5.69. The molecule has 168 valence electrons. The molecule has 1 fully saturated rings. The van der Waals surface area contributed by atoms with Crippen molar-refractivity contribution in [2.45, 2.75) is 18.9 Å². The normalized spacial score (nSPS) is 15.2. The molecule has 1 aliphatic heterocycles. The van der Waals surface area contributed by atoms with E-state index in [2.05, 4.69) is 15.6 Å². The fourth-order valence-electron chi connectivity index (χ4n) is 3.73. The summed E-state index contributed by atoms with van der Waals surface area (Å²) in [5, 5.41) is 6.36. The molecule has 9 heteroatoms. The Bertz CT molecular complexity index is 1180. The van der Waals surface area contributed by atoms with Crippen molar-refractivity contribution in [2.24, 2.45) is 0 Å². The van der Waals surface area contributed by atoms with E-state index in [0.717, 1.165) is 0 Å². The van der Waals surface area contributed by atoms with Crippen molar-refractivity contribution in [1.29, 1.82) is 0 Å². The minimum absolute atomic E-state index is 0.284. The molecule has 2 N–H and O–H groups in total. The summed E-state index contributed by atoms with van der Waals surface area (Å²) in [5.41, 5.74) is 1.86. The van der Waals surface area contributed by atoms with Gasteiger partial charge in [0.25, 0.3) is 11.8 Å². The van der Waals surface area contributed by atoms with Crippen LogP contribution in [-0.2, 0) is 4.79 Å². The van der Waals surface area contributed by atoms with Gasteiger partial charge in [0.05, 0.1) is 0 Å². The molecule has 0 spiro atoms. The first-order valence-electron chi connectivity index (χ1n) is 10.3. The Morgan fingerprint density at radius 3 is 2.24 bits per heavy atom. The van der Waals surface area contributed by atoms with E-state index in [-0.39, 0.29) is 17.7 Å². The fraction of sp³-hybridized carbons (Fsp3) is 0.167. The zero-order chi connectivity index (χ0) is 23.4. The molecular weight excluding hydrogens is 463 g/mol. The number of amides is 3. The van der Waals surface area contributed by atoms with Gasteiger partial charge >= 0.3 is 0 Å². The van der Waals surface area contributed by atoms with Crippen molar-refractivity contribution >= 4 is 52.3 Å². The molecule has 3 aromatic rings. The monoisotopic (exact) mass is 482 g/mol. The highest BCUT2D eigenvalue weighted by Crippen LogP contribution is 2.26. The predicted octanol–water partition coefficient (Wildman–Crippen LogP) is 4.88. The Morgan fingerprint density at radius 1 is 0.879 bits per heavy atom. The number of hydrogen-bond acceptors (Lipinski definition) is 4. The van der Waals surface area contributed by atoms with Crippen molar-refractivity contribution in [3.05, 3.63) is 88.2 Å². The second-order valence-corrected chi connectivity index (χ2v) is 8.45. The number of halogens is 2. The molecule has 3 amide bonds. The molecular formula is C24H20Cl2N4O3. The molecule has 1 aromatic heterocycles. The number of benzene rings is 2. The van der Waals surface area contributed by atoms with Gasteiger partial charge in [-0.25, -0.2) is 0 Å². The first kappa shape index (κ1) is 22.8. The smallest absolute Gasteiger partial charge is 0.255 e. The minimum atomic E-state index is -0.620. The van der Waals surface area contributed by atoms with E-state index in [1.165, 1.54) is 29.4 Å². The van der Waals surface area contributed by atoms with E-state index in [9.17, 15) is 14.4 Å². The van der Waals surface area contributed by atoms with Gasteiger partial charge in [-0.3, -0.25) is 19.4 Å². The Labute approximate surface area is 200 Å². The highest BCUT2D eigenvalue weighted by atomic mass is 35.5. The Hall–Kier alpha value is -3.42. The highest BCUT2D eigenvalue weighted by Gasteiger charge is 2.34. The molecule has 0 bridgehead atoms. The second kappa shape index (κ2) is 10.0. The van der Waals surface area contributed by atoms with Crippen molar-refractivity contribution in [3.63, 3.8) is 0 Å². The van der Waals surface area contributed by atoms with Crippen molar-refractivity contribution in [2.75, 3.05) is 17.2 Å². The van der Waals surface area contributed by atoms with Gasteiger partial charge in [-0.1, -0.05) is 29.3 Å². The maximum Gasteiger partial charge on any atom is 0.255 e. The number of nitrogens with one attached hydrogen (secondary N) is 2. The molecule has 4 rings (SSSR count). The number of nitrogens with zero attached hydrogens (tertiary/aromatic N) is 2. The van der Waals surface area contributed by atoms with Crippen LogP contribution >= 0.6 is 23.2 Å². The van der Waals surface area contributed by atoms with Gasteiger partial charge in [-0.05, 0) is 61.4 Å². The molecule has 7 nitrogen and oxygen atoms in total. The maximum atomic E-state index is 13.0. The quantitative estimate of drug-likeness (QED) is 0.541. The molecule has 1 atom stereocenters. The lowest BCUT2D eigenvalue weighted by molar-refractivity contribution is -0.119. The number of aromatic nitrogens is 1. The van der Waals surface area contributed by atoms with E-state index >= 15 is 0 Å². The SMILES string of the molecule is O=C(Nc1cccc(NC(=O)C2CCCN2C(=O)c2cc(Cl)cc(Cl)c2)c1)c1ccncc1. The molecule has 0 radical (unpaired) electrons. The fourth-order valence-corrected chi connectivity index (χ4v) is 4.26. The van der Waals surface area contributed by atoms with Crippen molar-refractivity contribution in [3.8, 4) is 0 Å². The van der Waals surface area contributed by atoms with Crippen LogP contribution in [0.4, 0.5) is 11.4 Å². The molecule has 0 saturated carbocycles. The van der Waals surface area contributed by atoms with Crippen LogP contribution in [0.15, 0.2) is 67.0 Å². The predicted molar refractivity (Wildman–Crippen MR) is 128 cm³/mol. The number of carbonyl (C=O) groups is 3. The van der Waals surface area contributed by atoms with Crippen LogP contribution < -0.4 is 10.6 Å². The zero-order valence-electron chi connectivity index (χ0n) is 17.4. The van der Waals surface area contributed by atoms with E-state index in [0.29, 0.717) is 51.9 Å². The summed E-state index contributed by atoms with van der Waals surface area (Å²) in [6.45, 7) is 0.461. The average Bonchev–Trinajstić information content (AvgIpc) is 3.29. The van der Waals surface area contributed by atoms with Crippen LogP contribution in [-0.4, -0.2) is 40.2 Å². The molecule has 0 aliphatic carbocycles. The van der Waals surface area contributed by atoms with Crippen LogP contribution in [0.1, 0.15) is 33.6 Å². The third-order valence-electron chi connectivity index (χ3n) is 5.26. The maximum absolute atomic E-state index is 13.0. The summed E-state index contributed by atoms with van der Waals surface area (Å²) in [7, 11) is 0. The molecule has 1 saturated heterocycles. The number of hydrogen-bond donors (Lipinski definition) is 2. The largest absolute Gasteiger partial charge is 0.327 e. The Balaban J connectivity index is 1.44. The number of anilines is 2. The van der Waals surface area contributed by atoms with Gasteiger partial charge in [-0.15, -0.1) is 0 Å². The van der Waals surface area contributed by atoms with Gasteiger partial charge in [0.2, 0.25) is 5.91 Å². The van der Waals surface area contributed by atoms with E-state index in [1.807, 2.05) is 0 Å². The first-order chi connectivity index (χ1) is 15.9. The molecule has 33 heavy (non-hydrogen) atoms. The molecule has 1 aliphatic rings. The second-order valence-electron chi connectivity index (χ2n) is 7.57. The van der Waals surface area contributed by atoms with E-state index in [1.54, 1.807) is 42.5 Å². The zero-order valence-corrected chi connectivity index (χ0v) is 18.9. The summed E-state index contributed by atoms with van der Waals surface area (Å²) in [6.07, 6.45) is 4.33. The van der Waals surface area contributed by atoms with Crippen LogP contribution in [0.5, 0.6) is 0 Å². The average molecular weight is 483 g/mol. The van der Waals surface area contributed by atoms with Gasteiger partial charge in [0.1, 0.15) is 6.04 Å². The summed E-state index contributed by atoms with van der Waals surface area (Å²) < 4.78 is 0. The van der Waals surface area contributed by atoms with Crippen LogP contribution in [0.25, 0.3) is 0 Å². The lowest BCUT2D eigenvalue weighted by atomic mass is 10.1. The van der Waals surface area contributed by atoms with Gasteiger partial charge < -0.3 is 15.5 Å². The third kappa shape index (κ3) is 5.50. The number of pyridine rings is 1. The molecule has 2 aromatic carbocycles. The summed E-state index contributed by atoms with van der Waals surface area (Å²) >= 11 is 12.1. The number of rotatable bonds is 5. The van der Waals surface area contributed by atoms with Gasteiger partial charge in [0.15, 0.2) is 0 Å². The number of carbonyl (C=O) groups excluding carboxylic acids is 3. The Kier molecular flexibility index (Phi) is 6.91. The van der Waals surface area contributed by atoms with Crippen LogP contribution in [0, 0.1) is 0 Å². The van der Waals surface area contributed by atoms with Gasteiger partial charge in [0, 0.05) is 51.5 Å².